The van der Waals surface area contributed by atoms with Crippen LogP contribution in [0.2, 0.25) is 5.02 Å². The quantitative estimate of drug-likeness (QED) is 0.577. The molecular formula is C18H20ClN3O5. The van der Waals surface area contributed by atoms with Crippen molar-refractivity contribution in [2.45, 2.75) is 31.3 Å². The van der Waals surface area contributed by atoms with E-state index in [1.807, 2.05) is 4.90 Å². The van der Waals surface area contributed by atoms with Crippen LogP contribution in [0, 0.1) is 0 Å². The van der Waals surface area contributed by atoms with Gasteiger partial charge in [-0.1, -0.05) is 11.6 Å². The molecule has 2 fully saturated rings. The average Bonchev–Trinajstić information content (AvgIpc) is 2.99. The van der Waals surface area contributed by atoms with E-state index in [4.69, 9.17) is 11.6 Å². The summed E-state index contributed by atoms with van der Waals surface area (Å²) in [6.45, 7) is 1.25. The van der Waals surface area contributed by atoms with Crippen molar-refractivity contribution in [3.8, 4) is 0 Å². The summed E-state index contributed by atoms with van der Waals surface area (Å²) < 4.78 is 4.63. The molecule has 9 heteroatoms. The molecule has 0 radical (unpaired) electrons. The zero-order valence-corrected chi connectivity index (χ0v) is 15.5. The molecule has 2 saturated heterocycles. The van der Waals surface area contributed by atoms with Gasteiger partial charge in [-0.05, 0) is 31.0 Å². The number of imide groups is 1. The number of nitrogens with one attached hydrogen (secondary N) is 2. The highest BCUT2D eigenvalue weighted by Gasteiger charge is 2.37. The summed E-state index contributed by atoms with van der Waals surface area (Å²) in [5, 5.41) is 5.42. The summed E-state index contributed by atoms with van der Waals surface area (Å²) in [6.07, 6.45) is 1.55. The number of benzene rings is 1. The maximum Gasteiger partial charge on any atom is 0.339 e. The van der Waals surface area contributed by atoms with Crippen molar-refractivity contribution in [3.05, 3.63) is 34.3 Å². The molecule has 1 unspecified atom stereocenters. The number of likely N-dealkylation sites (tertiary alicyclic amines) is 1. The first kappa shape index (κ1) is 19.3. The fourth-order valence-corrected chi connectivity index (χ4v) is 3.65. The highest BCUT2D eigenvalue weighted by atomic mass is 35.5. The predicted octanol–water partition coefficient (Wildman–Crippen LogP) is 0.736. The van der Waals surface area contributed by atoms with Gasteiger partial charge in [0.05, 0.1) is 30.2 Å². The van der Waals surface area contributed by atoms with Crippen molar-refractivity contribution < 1.29 is 23.9 Å². The minimum Gasteiger partial charge on any atom is -0.465 e. The van der Waals surface area contributed by atoms with Crippen molar-refractivity contribution in [2.24, 2.45) is 0 Å². The van der Waals surface area contributed by atoms with E-state index in [2.05, 4.69) is 15.4 Å². The first-order chi connectivity index (χ1) is 12.9. The van der Waals surface area contributed by atoms with Crippen molar-refractivity contribution in [1.82, 2.24) is 15.5 Å². The Labute approximate surface area is 161 Å². The molecule has 2 N–H and O–H groups in total. The third kappa shape index (κ3) is 4.28. The first-order valence-electron chi connectivity index (χ1n) is 8.65. The van der Waals surface area contributed by atoms with Crippen LogP contribution in [0.25, 0.3) is 0 Å². The zero-order chi connectivity index (χ0) is 19.6. The van der Waals surface area contributed by atoms with Crippen LogP contribution in [0.3, 0.4) is 0 Å². The Morgan fingerprint density at radius 1 is 1.26 bits per heavy atom. The summed E-state index contributed by atoms with van der Waals surface area (Å²) in [4.78, 5) is 49.1. The van der Waals surface area contributed by atoms with E-state index in [1.54, 1.807) is 0 Å². The molecule has 2 heterocycles. The number of amides is 3. The molecule has 27 heavy (non-hydrogen) atoms. The lowest BCUT2D eigenvalue weighted by Crippen LogP contribution is -2.49. The molecule has 144 valence electrons. The smallest absolute Gasteiger partial charge is 0.339 e. The molecule has 2 aliphatic heterocycles. The molecule has 1 aromatic carbocycles. The third-order valence-electron chi connectivity index (χ3n) is 4.89. The van der Waals surface area contributed by atoms with Gasteiger partial charge in [-0.3, -0.25) is 24.6 Å². The Kier molecular flexibility index (Phi) is 5.76. The van der Waals surface area contributed by atoms with Crippen LogP contribution in [0.5, 0.6) is 0 Å². The van der Waals surface area contributed by atoms with Crippen LogP contribution in [-0.4, -0.2) is 60.9 Å². The van der Waals surface area contributed by atoms with Crippen LogP contribution >= 0.6 is 11.6 Å². The highest BCUT2D eigenvalue weighted by molar-refractivity contribution is 6.34. The number of carbonyl (C=O) groups excluding carboxylic acids is 4. The van der Waals surface area contributed by atoms with Gasteiger partial charge in [0.2, 0.25) is 11.8 Å². The second kappa shape index (κ2) is 8.06. The number of ether oxygens (including phenoxy) is 1. The van der Waals surface area contributed by atoms with E-state index in [0.717, 1.165) is 0 Å². The minimum absolute atomic E-state index is 0.0343. The lowest BCUT2D eigenvalue weighted by molar-refractivity contribution is -0.126. The molecule has 3 rings (SSSR count). The Bertz CT molecular complexity index is 789. The molecular weight excluding hydrogens is 374 g/mol. The molecule has 0 bridgehead atoms. The van der Waals surface area contributed by atoms with Gasteiger partial charge < -0.3 is 10.1 Å². The topological polar surface area (TPSA) is 105 Å². The van der Waals surface area contributed by atoms with E-state index in [-0.39, 0.29) is 40.8 Å². The number of hydrogen-bond acceptors (Lipinski definition) is 6. The Balaban J connectivity index is 1.55. The van der Waals surface area contributed by atoms with Gasteiger partial charge in [0.1, 0.15) is 0 Å². The zero-order valence-electron chi connectivity index (χ0n) is 14.8. The second-order valence-electron chi connectivity index (χ2n) is 6.60. The molecule has 0 aromatic heterocycles. The number of methoxy groups -OCH3 is 1. The van der Waals surface area contributed by atoms with Gasteiger partial charge in [-0.15, -0.1) is 0 Å². The van der Waals surface area contributed by atoms with Gasteiger partial charge in [0.25, 0.3) is 5.91 Å². The van der Waals surface area contributed by atoms with Gasteiger partial charge in [0, 0.05) is 24.7 Å². The molecule has 3 amide bonds. The summed E-state index contributed by atoms with van der Waals surface area (Å²) >= 11 is 6.05. The van der Waals surface area contributed by atoms with Gasteiger partial charge in [-0.25, -0.2) is 4.79 Å². The summed E-state index contributed by atoms with van der Waals surface area (Å²) in [5.74, 6) is -1.33. The molecule has 2 aliphatic rings. The van der Waals surface area contributed by atoms with Crippen LogP contribution in [0.1, 0.15) is 40.0 Å². The fourth-order valence-electron chi connectivity index (χ4n) is 3.39. The lowest BCUT2D eigenvalue weighted by atomic mass is 10.0. The van der Waals surface area contributed by atoms with Crippen LogP contribution < -0.4 is 10.6 Å². The van der Waals surface area contributed by atoms with Crippen molar-refractivity contribution in [2.75, 3.05) is 20.2 Å². The second-order valence-corrected chi connectivity index (χ2v) is 7.01. The minimum atomic E-state index is -0.561. The SMILES string of the molecule is COC(=O)c1ccc(C(=O)NC2CCN(C3CC(=O)NC3=O)CC2)cc1Cl. The molecule has 0 saturated carbocycles. The molecule has 1 atom stereocenters. The Morgan fingerprint density at radius 2 is 1.96 bits per heavy atom. The standard InChI is InChI=1S/C18H20ClN3O5/c1-27-18(26)12-3-2-10(8-13(12)19)16(24)20-11-4-6-22(7-5-11)14-9-15(23)21-17(14)25/h2-3,8,11,14H,4-7,9H2,1H3,(H,20,24)(H,21,23,25). The number of piperidine rings is 1. The maximum absolute atomic E-state index is 12.4. The van der Waals surface area contributed by atoms with Crippen molar-refractivity contribution in [1.29, 1.82) is 0 Å². The molecule has 1 aromatic rings. The Morgan fingerprint density at radius 3 is 2.52 bits per heavy atom. The van der Waals surface area contributed by atoms with E-state index in [0.29, 0.717) is 31.5 Å². The van der Waals surface area contributed by atoms with Crippen LogP contribution in [0.15, 0.2) is 18.2 Å². The highest BCUT2D eigenvalue weighted by Crippen LogP contribution is 2.21. The summed E-state index contributed by atoms with van der Waals surface area (Å²) in [5.41, 5.74) is 0.560. The van der Waals surface area contributed by atoms with Gasteiger partial charge in [0.15, 0.2) is 0 Å². The molecule has 0 aliphatic carbocycles. The monoisotopic (exact) mass is 393 g/mol. The molecule has 0 spiro atoms. The number of halogens is 1. The largest absolute Gasteiger partial charge is 0.465 e. The van der Waals surface area contributed by atoms with E-state index in [9.17, 15) is 19.2 Å². The van der Waals surface area contributed by atoms with Gasteiger partial charge in [-0.2, -0.15) is 0 Å². The fraction of sp³-hybridized carbons (Fsp3) is 0.444. The maximum atomic E-state index is 12.4. The van der Waals surface area contributed by atoms with E-state index >= 15 is 0 Å². The summed E-state index contributed by atoms with van der Waals surface area (Å²) in [6, 6.07) is 3.98. The Hall–Kier alpha value is -2.45. The number of hydrogen-bond donors (Lipinski definition) is 2. The number of rotatable bonds is 4. The van der Waals surface area contributed by atoms with E-state index in [1.165, 1.54) is 25.3 Å². The number of esters is 1. The first-order valence-corrected chi connectivity index (χ1v) is 9.03. The number of carbonyl (C=O) groups is 4. The van der Waals surface area contributed by atoms with Crippen LogP contribution in [0.4, 0.5) is 0 Å². The normalized spacial score (nSPS) is 21.0. The van der Waals surface area contributed by atoms with E-state index < -0.39 is 12.0 Å². The predicted molar refractivity (Wildman–Crippen MR) is 96.4 cm³/mol. The summed E-state index contributed by atoms with van der Waals surface area (Å²) in [7, 11) is 1.26. The lowest BCUT2D eigenvalue weighted by Gasteiger charge is -2.34. The van der Waals surface area contributed by atoms with Crippen molar-refractivity contribution >= 4 is 35.3 Å². The van der Waals surface area contributed by atoms with Crippen molar-refractivity contribution in [3.63, 3.8) is 0 Å². The average molecular weight is 394 g/mol. The molecule has 8 nitrogen and oxygen atoms in total. The van der Waals surface area contributed by atoms with Gasteiger partial charge >= 0.3 is 5.97 Å². The third-order valence-corrected chi connectivity index (χ3v) is 5.20. The number of nitrogens with zero attached hydrogens (tertiary/aromatic N) is 1. The van der Waals surface area contributed by atoms with Crippen LogP contribution in [-0.2, 0) is 14.3 Å².